The second-order valence-corrected chi connectivity index (χ2v) is 8.23. The maximum absolute atomic E-state index is 11.1. The molecule has 0 saturated carbocycles. The normalized spacial score (nSPS) is 19.6. The lowest BCUT2D eigenvalue weighted by molar-refractivity contribution is 0.190. The Labute approximate surface area is 112 Å². The average molecular weight is 276 g/mol. The quantitative estimate of drug-likeness (QED) is 0.753. The van der Waals surface area contributed by atoms with E-state index in [1.807, 2.05) is 0 Å². The van der Waals surface area contributed by atoms with Crippen molar-refractivity contribution in [3.63, 3.8) is 0 Å². The largest absolute Gasteiger partial charge is 0.316 e. The minimum absolute atomic E-state index is 0.295. The van der Waals surface area contributed by atoms with Gasteiger partial charge in [-0.15, -0.1) is 0 Å². The Hall–Kier alpha value is -0.130. The fourth-order valence-corrected chi connectivity index (χ4v) is 2.88. The van der Waals surface area contributed by atoms with Crippen molar-refractivity contribution in [1.82, 2.24) is 10.2 Å². The molecular weight excluding hydrogens is 248 g/mol. The van der Waals surface area contributed by atoms with Crippen LogP contribution in [0.3, 0.4) is 0 Å². The van der Waals surface area contributed by atoms with Crippen LogP contribution in [-0.2, 0) is 9.84 Å². The number of piperidine rings is 1. The molecule has 1 fully saturated rings. The van der Waals surface area contributed by atoms with Gasteiger partial charge in [-0.1, -0.05) is 13.8 Å². The molecule has 0 spiro atoms. The van der Waals surface area contributed by atoms with E-state index in [1.165, 1.54) is 19.1 Å². The van der Waals surface area contributed by atoms with Gasteiger partial charge in [0.15, 0.2) is 0 Å². The van der Waals surface area contributed by atoms with Crippen LogP contribution in [0, 0.1) is 11.8 Å². The molecule has 1 saturated heterocycles. The van der Waals surface area contributed by atoms with Crippen LogP contribution in [0.4, 0.5) is 0 Å². The first kappa shape index (κ1) is 15.9. The van der Waals surface area contributed by atoms with Gasteiger partial charge in [0.05, 0.1) is 5.75 Å². The maximum Gasteiger partial charge on any atom is 0.148 e. The zero-order valence-corrected chi connectivity index (χ0v) is 12.8. The summed E-state index contributed by atoms with van der Waals surface area (Å²) in [6.07, 6.45) is 3.69. The molecule has 1 rings (SSSR count). The van der Waals surface area contributed by atoms with Gasteiger partial charge in [-0.3, -0.25) is 0 Å². The van der Waals surface area contributed by atoms with Gasteiger partial charge in [-0.05, 0) is 50.9 Å². The molecule has 1 aliphatic rings. The summed E-state index contributed by atoms with van der Waals surface area (Å²) in [6.45, 7) is 9.44. The highest BCUT2D eigenvalue weighted by atomic mass is 32.2. The van der Waals surface area contributed by atoms with Crippen molar-refractivity contribution in [3.05, 3.63) is 0 Å². The van der Waals surface area contributed by atoms with E-state index in [2.05, 4.69) is 24.1 Å². The fraction of sp³-hybridized carbons (Fsp3) is 1.00. The highest BCUT2D eigenvalue weighted by Crippen LogP contribution is 2.16. The third kappa shape index (κ3) is 7.34. The third-order valence-corrected chi connectivity index (χ3v) is 4.40. The molecule has 0 amide bonds. The van der Waals surface area contributed by atoms with Gasteiger partial charge in [0, 0.05) is 12.8 Å². The van der Waals surface area contributed by atoms with Gasteiger partial charge in [0.2, 0.25) is 0 Å². The molecule has 1 N–H and O–H groups in total. The third-order valence-electron chi connectivity index (χ3n) is 3.47. The Kier molecular flexibility index (Phi) is 6.60. The molecule has 0 aromatic heterocycles. The second-order valence-electron chi connectivity index (χ2n) is 5.97. The van der Waals surface area contributed by atoms with Crippen molar-refractivity contribution in [2.75, 3.05) is 44.7 Å². The summed E-state index contributed by atoms with van der Waals surface area (Å²) in [7, 11) is -2.81. The SMILES string of the molecule is CC(C)CNCC1CCN(CCS(C)(=O)=O)CC1. The van der Waals surface area contributed by atoms with Crippen LogP contribution in [0.5, 0.6) is 0 Å². The second kappa shape index (κ2) is 7.46. The average Bonchev–Trinajstić information content (AvgIpc) is 2.26. The summed E-state index contributed by atoms with van der Waals surface area (Å²) in [5, 5.41) is 3.51. The van der Waals surface area contributed by atoms with Crippen molar-refractivity contribution >= 4 is 9.84 Å². The summed E-state index contributed by atoms with van der Waals surface area (Å²) in [4.78, 5) is 2.28. The van der Waals surface area contributed by atoms with Crippen molar-refractivity contribution in [2.45, 2.75) is 26.7 Å². The predicted octanol–water partition coefficient (Wildman–Crippen LogP) is 0.989. The van der Waals surface area contributed by atoms with Crippen LogP contribution in [-0.4, -0.2) is 58.1 Å². The summed E-state index contributed by atoms with van der Waals surface area (Å²) in [5.74, 6) is 1.77. The lowest BCUT2D eigenvalue weighted by Gasteiger charge is -2.32. The summed E-state index contributed by atoms with van der Waals surface area (Å²) < 4.78 is 22.2. The van der Waals surface area contributed by atoms with Crippen LogP contribution in [0.2, 0.25) is 0 Å². The van der Waals surface area contributed by atoms with Crippen LogP contribution in [0.15, 0.2) is 0 Å². The van der Waals surface area contributed by atoms with Gasteiger partial charge in [0.1, 0.15) is 9.84 Å². The van der Waals surface area contributed by atoms with E-state index in [0.717, 1.165) is 32.1 Å². The molecule has 0 aromatic rings. The number of hydrogen-bond donors (Lipinski definition) is 1. The van der Waals surface area contributed by atoms with Crippen LogP contribution in [0.1, 0.15) is 26.7 Å². The number of sulfone groups is 1. The molecular formula is C13H28N2O2S. The smallest absolute Gasteiger partial charge is 0.148 e. The Balaban J connectivity index is 2.13. The summed E-state index contributed by atoms with van der Waals surface area (Å²) in [5.41, 5.74) is 0. The standard InChI is InChI=1S/C13H28N2O2S/c1-12(2)10-14-11-13-4-6-15(7-5-13)8-9-18(3,16)17/h12-14H,4-11H2,1-3H3. The molecule has 0 aromatic carbocycles. The molecule has 1 aliphatic heterocycles. The zero-order valence-electron chi connectivity index (χ0n) is 12.0. The number of likely N-dealkylation sites (tertiary alicyclic amines) is 1. The highest BCUT2D eigenvalue weighted by Gasteiger charge is 2.19. The predicted molar refractivity (Wildman–Crippen MR) is 76.6 cm³/mol. The van der Waals surface area contributed by atoms with Gasteiger partial charge in [-0.25, -0.2) is 8.42 Å². The monoisotopic (exact) mass is 276 g/mol. The topological polar surface area (TPSA) is 49.4 Å². The Morgan fingerprint density at radius 3 is 2.39 bits per heavy atom. The molecule has 18 heavy (non-hydrogen) atoms. The van der Waals surface area contributed by atoms with E-state index < -0.39 is 9.84 Å². The van der Waals surface area contributed by atoms with Gasteiger partial charge < -0.3 is 10.2 Å². The van der Waals surface area contributed by atoms with Crippen molar-refractivity contribution in [3.8, 4) is 0 Å². The van der Waals surface area contributed by atoms with E-state index in [-0.39, 0.29) is 0 Å². The van der Waals surface area contributed by atoms with Crippen molar-refractivity contribution < 1.29 is 8.42 Å². The van der Waals surface area contributed by atoms with Crippen molar-refractivity contribution in [2.24, 2.45) is 11.8 Å². The highest BCUT2D eigenvalue weighted by molar-refractivity contribution is 7.90. The van der Waals surface area contributed by atoms with Crippen LogP contribution >= 0.6 is 0 Å². The van der Waals surface area contributed by atoms with Gasteiger partial charge in [0.25, 0.3) is 0 Å². The molecule has 0 unspecified atom stereocenters. The molecule has 0 atom stereocenters. The number of hydrogen-bond acceptors (Lipinski definition) is 4. The van der Waals surface area contributed by atoms with Crippen LogP contribution in [0.25, 0.3) is 0 Å². The number of nitrogens with one attached hydrogen (secondary N) is 1. The first-order valence-electron chi connectivity index (χ1n) is 6.97. The van der Waals surface area contributed by atoms with Gasteiger partial charge >= 0.3 is 0 Å². The zero-order chi connectivity index (χ0) is 13.6. The Bertz CT molecular complexity index is 320. The van der Waals surface area contributed by atoms with Crippen molar-refractivity contribution in [1.29, 1.82) is 0 Å². The number of nitrogens with zero attached hydrogens (tertiary/aromatic N) is 1. The van der Waals surface area contributed by atoms with E-state index in [9.17, 15) is 8.42 Å². The van der Waals surface area contributed by atoms with E-state index in [1.54, 1.807) is 0 Å². The molecule has 0 aliphatic carbocycles. The Morgan fingerprint density at radius 2 is 1.89 bits per heavy atom. The fourth-order valence-electron chi connectivity index (χ4n) is 2.29. The Morgan fingerprint density at radius 1 is 1.28 bits per heavy atom. The molecule has 4 nitrogen and oxygen atoms in total. The molecule has 108 valence electrons. The maximum atomic E-state index is 11.1. The minimum Gasteiger partial charge on any atom is -0.316 e. The first-order valence-corrected chi connectivity index (χ1v) is 9.03. The van der Waals surface area contributed by atoms with E-state index >= 15 is 0 Å². The summed E-state index contributed by atoms with van der Waals surface area (Å²) >= 11 is 0. The van der Waals surface area contributed by atoms with Gasteiger partial charge in [-0.2, -0.15) is 0 Å². The van der Waals surface area contributed by atoms with E-state index in [4.69, 9.17) is 0 Å². The molecule has 1 heterocycles. The summed E-state index contributed by atoms with van der Waals surface area (Å²) in [6, 6.07) is 0. The lowest BCUT2D eigenvalue weighted by atomic mass is 9.96. The molecule has 5 heteroatoms. The number of rotatable bonds is 7. The first-order chi connectivity index (χ1) is 8.37. The molecule has 0 radical (unpaired) electrons. The minimum atomic E-state index is -2.81. The molecule has 0 bridgehead atoms. The van der Waals surface area contributed by atoms with Crippen LogP contribution < -0.4 is 5.32 Å². The lowest BCUT2D eigenvalue weighted by Crippen LogP contribution is -2.39. The van der Waals surface area contributed by atoms with E-state index in [0.29, 0.717) is 18.2 Å².